The molecule has 0 unspecified atom stereocenters. The molecule has 0 spiro atoms. The van der Waals surface area contributed by atoms with Crippen LogP contribution in [-0.2, 0) is 0 Å². The van der Waals surface area contributed by atoms with E-state index in [0.717, 1.165) is 17.2 Å². The number of nitrogens with two attached hydrogens (primary N) is 1. The molecule has 3 N–H and O–H groups in total. The monoisotopic (exact) mass is 182 g/mol. The van der Waals surface area contributed by atoms with E-state index in [1.165, 1.54) is 0 Å². The number of nitrogen functional groups attached to an aromatic ring is 1. The van der Waals surface area contributed by atoms with Crippen molar-refractivity contribution >= 4 is 5.69 Å². The van der Waals surface area contributed by atoms with Gasteiger partial charge in [-0.1, -0.05) is 0 Å². The van der Waals surface area contributed by atoms with Gasteiger partial charge in [-0.05, 0) is 19.1 Å². The van der Waals surface area contributed by atoms with E-state index >= 15 is 0 Å². The van der Waals surface area contributed by atoms with Gasteiger partial charge in [0.1, 0.15) is 11.5 Å². The first-order chi connectivity index (χ1) is 6.31. The van der Waals surface area contributed by atoms with Crippen LogP contribution in [0.4, 0.5) is 5.69 Å². The lowest BCUT2D eigenvalue weighted by Gasteiger charge is -2.10. The van der Waals surface area contributed by atoms with E-state index in [1.54, 1.807) is 13.2 Å². The van der Waals surface area contributed by atoms with Gasteiger partial charge in [0, 0.05) is 6.07 Å². The molecule has 0 fully saturated rings. The lowest BCUT2D eigenvalue weighted by atomic mass is 10.3. The van der Waals surface area contributed by atoms with Crippen molar-refractivity contribution in [2.75, 3.05) is 19.1 Å². The number of rotatable bonds is 4. The van der Waals surface area contributed by atoms with Crippen molar-refractivity contribution in [3.63, 3.8) is 0 Å². The number of anilines is 1. The van der Waals surface area contributed by atoms with Crippen LogP contribution in [-0.4, -0.2) is 13.7 Å². The van der Waals surface area contributed by atoms with Gasteiger partial charge in [0.05, 0.1) is 19.4 Å². The summed E-state index contributed by atoms with van der Waals surface area (Å²) in [5.74, 6) is 6.79. The molecule has 0 saturated carbocycles. The van der Waals surface area contributed by atoms with Crippen molar-refractivity contribution in [2.24, 2.45) is 5.84 Å². The second-order valence-corrected chi connectivity index (χ2v) is 2.44. The van der Waals surface area contributed by atoms with Crippen LogP contribution in [0.2, 0.25) is 0 Å². The maximum atomic E-state index is 5.33. The van der Waals surface area contributed by atoms with Crippen molar-refractivity contribution < 1.29 is 9.47 Å². The third-order valence-corrected chi connectivity index (χ3v) is 1.64. The molecule has 0 aliphatic rings. The summed E-state index contributed by atoms with van der Waals surface area (Å²) in [5, 5.41) is 0. The van der Waals surface area contributed by atoms with Crippen molar-refractivity contribution in [1.29, 1.82) is 0 Å². The number of hydrogen-bond donors (Lipinski definition) is 2. The van der Waals surface area contributed by atoms with Crippen LogP contribution in [0.25, 0.3) is 0 Å². The summed E-state index contributed by atoms with van der Waals surface area (Å²) >= 11 is 0. The molecule has 0 heterocycles. The van der Waals surface area contributed by atoms with E-state index in [1.807, 2.05) is 19.1 Å². The molecule has 13 heavy (non-hydrogen) atoms. The summed E-state index contributed by atoms with van der Waals surface area (Å²) in [6, 6.07) is 5.42. The summed E-state index contributed by atoms with van der Waals surface area (Å²) in [6.07, 6.45) is 0. The minimum Gasteiger partial charge on any atom is -0.497 e. The van der Waals surface area contributed by atoms with Gasteiger partial charge in [0.2, 0.25) is 0 Å². The second-order valence-electron chi connectivity index (χ2n) is 2.44. The number of hydrazine groups is 1. The molecule has 1 rings (SSSR count). The van der Waals surface area contributed by atoms with E-state index in [4.69, 9.17) is 15.3 Å². The Hall–Kier alpha value is -1.42. The zero-order chi connectivity index (χ0) is 9.68. The van der Waals surface area contributed by atoms with Crippen molar-refractivity contribution in [1.82, 2.24) is 0 Å². The van der Waals surface area contributed by atoms with E-state index < -0.39 is 0 Å². The van der Waals surface area contributed by atoms with E-state index in [9.17, 15) is 0 Å². The predicted molar refractivity (Wildman–Crippen MR) is 52.0 cm³/mol. The Balaban J connectivity index is 2.93. The number of nitrogens with one attached hydrogen (secondary N) is 1. The minimum absolute atomic E-state index is 0.612. The average Bonchev–Trinajstić information content (AvgIpc) is 2.19. The zero-order valence-corrected chi connectivity index (χ0v) is 7.83. The zero-order valence-electron chi connectivity index (χ0n) is 7.83. The first kappa shape index (κ1) is 9.67. The molecule has 0 bridgehead atoms. The first-order valence-corrected chi connectivity index (χ1v) is 4.09. The highest BCUT2D eigenvalue weighted by atomic mass is 16.5. The standard InChI is InChI=1S/C9H14N2O2/c1-3-13-9-5-4-7(12-2)6-8(9)11-10/h4-6,11H,3,10H2,1-2H3. The van der Waals surface area contributed by atoms with Crippen LogP contribution < -0.4 is 20.7 Å². The average molecular weight is 182 g/mol. The molecule has 4 heteroatoms. The van der Waals surface area contributed by atoms with Crippen molar-refractivity contribution in [2.45, 2.75) is 6.92 Å². The molecular formula is C9H14N2O2. The Morgan fingerprint density at radius 2 is 2.23 bits per heavy atom. The molecule has 0 aliphatic heterocycles. The fraction of sp³-hybridized carbons (Fsp3) is 0.333. The summed E-state index contributed by atoms with van der Waals surface area (Å²) in [5.41, 5.74) is 3.27. The minimum atomic E-state index is 0.612. The Morgan fingerprint density at radius 3 is 2.77 bits per heavy atom. The lowest BCUT2D eigenvalue weighted by Crippen LogP contribution is -2.08. The van der Waals surface area contributed by atoms with Crippen LogP contribution in [0.15, 0.2) is 18.2 Å². The van der Waals surface area contributed by atoms with Crippen molar-refractivity contribution in [3.8, 4) is 11.5 Å². The molecule has 0 saturated heterocycles. The van der Waals surface area contributed by atoms with Gasteiger partial charge in [-0.3, -0.25) is 5.84 Å². The molecule has 0 radical (unpaired) electrons. The van der Waals surface area contributed by atoms with Gasteiger partial charge < -0.3 is 14.9 Å². The van der Waals surface area contributed by atoms with Crippen LogP contribution in [0.1, 0.15) is 6.92 Å². The van der Waals surface area contributed by atoms with Gasteiger partial charge in [0.15, 0.2) is 0 Å². The molecule has 4 nitrogen and oxygen atoms in total. The molecule has 0 aromatic heterocycles. The Kier molecular flexibility index (Phi) is 3.40. The smallest absolute Gasteiger partial charge is 0.143 e. The lowest BCUT2D eigenvalue weighted by molar-refractivity contribution is 0.340. The van der Waals surface area contributed by atoms with E-state index in [2.05, 4.69) is 5.43 Å². The van der Waals surface area contributed by atoms with E-state index in [0.29, 0.717) is 6.61 Å². The number of ether oxygens (including phenoxy) is 2. The normalized spacial score (nSPS) is 9.46. The summed E-state index contributed by atoms with van der Waals surface area (Å²) in [4.78, 5) is 0. The van der Waals surface area contributed by atoms with Gasteiger partial charge >= 0.3 is 0 Å². The number of methoxy groups -OCH3 is 1. The van der Waals surface area contributed by atoms with E-state index in [-0.39, 0.29) is 0 Å². The molecule has 1 aromatic rings. The fourth-order valence-electron chi connectivity index (χ4n) is 1.03. The van der Waals surface area contributed by atoms with Gasteiger partial charge in [-0.15, -0.1) is 0 Å². The summed E-state index contributed by atoms with van der Waals surface area (Å²) in [7, 11) is 1.61. The predicted octanol–water partition coefficient (Wildman–Crippen LogP) is 1.38. The Bertz CT molecular complexity index is 276. The largest absolute Gasteiger partial charge is 0.497 e. The van der Waals surface area contributed by atoms with Gasteiger partial charge in [0.25, 0.3) is 0 Å². The summed E-state index contributed by atoms with van der Waals surface area (Å²) < 4.78 is 10.4. The topological polar surface area (TPSA) is 56.5 Å². The van der Waals surface area contributed by atoms with Crippen LogP contribution in [0, 0.1) is 0 Å². The maximum Gasteiger partial charge on any atom is 0.143 e. The molecular weight excluding hydrogens is 168 g/mol. The molecule has 0 aliphatic carbocycles. The van der Waals surface area contributed by atoms with Gasteiger partial charge in [-0.2, -0.15) is 0 Å². The third kappa shape index (κ3) is 2.26. The summed E-state index contributed by atoms with van der Waals surface area (Å²) in [6.45, 7) is 2.53. The SMILES string of the molecule is CCOc1ccc(OC)cc1NN. The number of hydrogen-bond acceptors (Lipinski definition) is 4. The Labute approximate surface area is 77.6 Å². The van der Waals surface area contributed by atoms with Crippen molar-refractivity contribution in [3.05, 3.63) is 18.2 Å². The maximum absolute atomic E-state index is 5.33. The highest BCUT2D eigenvalue weighted by molar-refractivity contribution is 5.58. The quantitative estimate of drug-likeness (QED) is 0.545. The highest BCUT2D eigenvalue weighted by Crippen LogP contribution is 2.28. The third-order valence-electron chi connectivity index (χ3n) is 1.64. The molecule has 72 valence electrons. The first-order valence-electron chi connectivity index (χ1n) is 4.09. The Morgan fingerprint density at radius 1 is 1.46 bits per heavy atom. The highest BCUT2D eigenvalue weighted by Gasteiger charge is 2.02. The van der Waals surface area contributed by atoms with Crippen LogP contribution in [0.5, 0.6) is 11.5 Å². The van der Waals surface area contributed by atoms with Gasteiger partial charge in [-0.25, -0.2) is 0 Å². The fourth-order valence-corrected chi connectivity index (χ4v) is 1.03. The van der Waals surface area contributed by atoms with Crippen LogP contribution in [0.3, 0.4) is 0 Å². The van der Waals surface area contributed by atoms with Crippen LogP contribution >= 0.6 is 0 Å². The second kappa shape index (κ2) is 4.57. The number of benzene rings is 1. The molecule has 0 amide bonds. The molecule has 0 atom stereocenters. The molecule has 1 aromatic carbocycles.